The lowest BCUT2D eigenvalue weighted by molar-refractivity contribution is 0.243. The summed E-state index contributed by atoms with van der Waals surface area (Å²) < 4.78 is 5.48. The Balaban J connectivity index is 2.11. The quantitative estimate of drug-likeness (QED) is 0.697. The minimum atomic E-state index is 0.232. The average molecular weight is 321 g/mol. The topological polar surface area (TPSA) is 89.8 Å². The van der Waals surface area contributed by atoms with Crippen LogP contribution in [-0.4, -0.2) is 67.8 Å². The summed E-state index contributed by atoms with van der Waals surface area (Å²) in [4.78, 5) is 10.7. The van der Waals surface area contributed by atoms with Crippen LogP contribution in [0, 0.1) is 0 Å². The molecule has 2 heterocycles. The Bertz CT molecular complexity index is 608. The smallest absolute Gasteiger partial charge is 0.336 e. The minimum absolute atomic E-state index is 0.232. The summed E-state index contributed by atoms with van der Waals surface area (Å²) >= 11 is 1.54. The van der Waals surface area contributed by atoms with Gasteiger partial charge >= 0.3 is 6.01 Å². The Kier molecular flexibility index (Phi) is 5.96. The zero-order valence-electron chi connectivity index (χ0n) is 13.1. The van der Waals surface area contributed by atoms with Crippen molar-refractivity contribution in [1.82, 2.24) is 35.3 Å². The summed E-state index contributed by atoms with van der Waals surface area (Å²) in [5, 5.41) is 16.7. The molecule has 2 aromatic heterocycles. The summed E-state index contributed by atoms with van der Waals surface area (Å²) in [5.41, 5.74) is 1.17. The van der Waals surface area contributed by atoms with E-state index >= 15 is 0 Å². The van der Waals surface area contributed by atoms with E-state index < -0.39 is 0 Å². The third-order valence-corrected chi connectivity index (χ3v) is 3.31. The van der Waals surface area contributed by atoms with Crippen LogP contribution < -0.4 is 4.74 Å². The van der Waals surface area contributed by atoms with Crippen molar-refractivity contribution in [1.29, 1.82) is 0 Å². The molecular weight excluding hydrogens is 302 g/mol. The van der Waals surface area contributed by atoms with Crippen LogP contribution in [0.25, 0.3) is 11.4 Å². The molecular formula is C13H19N7OS. The number of ether oxygens (including phenoxy) is 1. The second-order valence-corrected chi connectivity index (χ2v) is 6.61. The average Bonchev–Trinajstić information content (AvgIpc) is 2.47. The van der Waals surface area contributed by atoms with Gasteiger partial charge in [0, 0.05) is 11.8 Å². The van der Waals surface area contributed by atoms with Crippen LogP contribution >= 0.6 is 11.8 Å². The summed E-state index contributed by atoms with van der Waals surface area (Å²) in [6.07, 6.45) is 3.09. The Labute approximate surface area is 133 Å². The zero-order valence-corrected chi connectivity index (χ0v) is 13.9. The first-order chi connectivity index (χ1) is 10.5. The van der Waals surface area contributed by atoms with Gasteiger partial charge in [0.15, 0.2) is 0 Å². The van der Waals surface area contributed by atoms with Crippen molar-refractivity contribution >= 4 is 11.8 Å². The van der Waals surface area contributed by atoms with Crippen molar-refractivity contribution in [3.63, 3.8) is 0 Å². The van der Waals surface area contributed by atoms with E-state index in [1.807, 2.05) is 19.0 Å². The standard InChI is InChI=1S/C13H19N7OS/c1-9(2)22-13-17-11(8-15-19-13)10-7-14-18-12(16-10)21-6-5-20(3)4/h7-9H,5-6H2,1-4H3. The number of aromatic nitrogens is 6. The highest BCUT2D eigenvalue weighted by molar-refractivity contribution is 7.99. The fourth-order valence-electron chi connectivity index (χ4n) is 1.46. The molecule has 0 radical (unpaired) electrons. The van der Waals surface area contributed by atoms with E-state index in [1.165, 1.54) is 6.20 Å². The monoisotopic (exact) mass is 321 g/mol. The van der Waals surface area contributed by atoms with Crippen LogP contribution in [0.15, 0.2) is 17.6 Å². The normalized spacial score (nSPS) is 11.2. The van der Waals surface area contributed by atoms with Gasteiger partial charge in [-0.1, -0.05) is 30.7 Å². The molecule has 0 saturated carbocycles. The van der Waals surface area contributed by atoms with Crippen LogP contribution in [-0.2, 0) is 0 Å². The minimum Gasteiger partial charge on any atom is -0.461 e. The fourth-order valence-corrected chi connectivity index (χ4v) is 2.13. The number of likely N-dealkylation sites (N-methyl/N-ethyl adjacent to an activating group) is 1. The molecule has 22 heavy (non-hydrogen) atoms. The number of hydrogen-bond donors (Lipinski definition) is 0. The van der Waals surface area contributed by atoms with Crippen molar-refractivity contribution < 1.29 is 4.74 Å². The van der Waals surface area contributed by atoms with Crippen LogP contribution in [0.2, 0.25) is 0 Å². The molecule has 9 heteroatoms. The molecule has 8 nitrogen and oxygen atoms in total. The van der Waals surface area contributed by atoms with Crippen LogP contribution in [0.4, 0.5) is 0 Å². The van der Waals surface area contributed by atoms with Crippen molar-refractivity contribution in [2.24, 2.45) is 0 Å². The molecule has 0 aliphatic carbocycles. The second kappa shape index (κ2) is 7.95. The van der Waals surface area contributed by atoms with E-state index in [-0.39, 0.29) is 6.01 Å². The van der Waals surface area contributed by atoms with E-state index in [2.05, 4.69) is 44.2 Å². The second-order valence-electron chi connectivity index (χ2n) is 5.07. The van der Waals surface area contributed by atoms with E-state index in [0.29, 0.717) is 28.4 Å². The molecule has 0 fully saturated rings. The van der Waals surface area contributed by atoms with Gasteiger partial charge in [-0.3, -0.25) is 0 Å². The first-order valence-electron chi connectivity index (χ1n) is 6.88. The molecule has 0 aromatic carbocycles. The summed E-state index contributed by atoms with van der Waals surface area (Å²) in [6.45, 7) is 5.42. The number of thioether (sulfide) groups is 1. The summed E-state index contributed by atoms with van der Waals surface area (Å²) in [7, 11) is 3.94. The van der Waals surface area contributed by atoms with Crippen LogP contribution in [0.1, 0.15) is 13.8 Å². The SMILES string of the molecule is CC(C)Sc1nncc(-c2cnnc(OCCN(C)C)n2)n1. The van der Waals surface area contributed by atoms with Gasteiger partial charge in [0.25, 0.3) is 0 Å². The maximum atomic E-state index is 5.48. The summed E-state index contributed by atoms with van der Waals surface area (Å²) in [5.74, 6) is 0. The van der Waals surface area contributed by atoms with E-state index in [4.69, 9.17) is 4.74 Å². The molecule has 0 atom stereocenters. The predicted molar refractivity (Wildman–Crippen MR) is 83.7 cm³/mol. The van der Waals surface area contributed by atoms with Gasteiger partial charge in [-0.05, 0) is 14.1 Å². The Hall–Kier alpha value is -1.87. The number of hydrogen-bond acceptors (Lipinski definition) is 9. The molecule has 0 spiro atoms. The van der Waals surface area contributed by atoms with Gasteiger partial charge in [-0.2, -0.15) is 15.2 Å². The number of nitrogens with zero attached hydrogens (tertiary/aromatic N) is 7. The van der Waals surface area contributed by atoms with Crippen molar-refractivity contribution in [2.45, 2.75) is 24.3 Å². The molecule has 0 N–H and O–H groups in total. The molecule has 0 bridgehead atoms. The maximum Gasteiger partial charge on any atom is 0.336 e. The third-order valence-electron chi connectivity index (χ3n) is 2.45. The van der Waals surface area contributed by atoms with Gasteiger partial charge in [0.05, 0.1) is 12.4 Å². The lowest BCUT2D eigenvalue weighted by atomic mass is 10.3. The Morgan fingerprint density at radius 3 is 2.45 bits per heavy atom. The van der Waals surface area contributed by atoms with Gasteiger partial charge in [0.2, 0.25) is 5.16 Å². The lowest BCUT2D eigenvalue weighted by Gasteiger charge is -2.09. The highest BCUT2D eigenvalue weighted by Gasteiger charge is 2.09. The highest BCUT2D eigenvalue weighted by atomic mass is 32.2. The largest absolute Gasteiger partial charge is 0.461 e. The molecule has 2 rings (SSSR count). The molecule has 0 saturated heterocycles. The zero-order chi connectivity index (χ0) is 15.9. The van der Waals surface area contributed by atoms with E-state index in [0.717, 1.165) is 6.54 Å². The molecule has 0 amide bonds. The van der Waals surface area contributed by atoms with Gasteiger partial charge < -0.3 is 9.64 Å². The van der Waals surface area contributed by atoms with Gasteiger partial charge in [0.1, 0.15) is 18.0 Å². The van der Waals surface area contributed by atoms with Gasteiger partial charge in [-0.25, -0.2) is 4.98 Å². The first kappa shape index (κ1) is 16.5. The van der Waals surface area contributed by atoms with Gasteiger partial charge in [-0.15, -0.1) is 5.10 Å². The van der Waals surface area contributed by atoms with Crippen LogP contribution in [0.3, 0.4) is 0 Å². The van der Waals surface area contributed by atoms with E-state index in [9.17, 15) is 0 Å². The fraction of sp³-hybridized carbons (Fsp3) is 0.538. The maximum absolute atomic E-state index is 5.48. The predicted octanol–water partition coefficient (Wildman–Crippen LogP) is 1.16. The Morgan fingerprint density at radius 2 is 1.77 bits per heavy atom. The van der Waals surface area contributed by atoms with Crippen molar-refractivity contribution in [3.05, 3.63) is 12.4 Å². The summed E-state index contributed by atoms with van der Waals surface area (Å²) in [6, 6.07) is 0.232. The third kappa shape index (κ3) is 5.15. The molecule has 2 aromatic rings. The van der Waals surface area contributed by atoms with Crippen LogP contribution in [0.5, 0.6) is 6.01 Å². The van der Waals surface area contributed by atoms with Crippen molar-refractivity contribution in [3.8, 4) is 17.4 Å². The first-order valence-corrected chi connectivity index (χ1v) is 7.76. The van der Waals surface area contributed by atoms with Crippen molar-refractivity contribution in [2.75, 3.05) is 27.2 Å². The molecule has 118 valence electrons. The molecule has 0 unspecified atom stereocenters. The Morgan fingerprint density at radius 1 is 1.09 bits per heavy atom. The lowest BCUT2D eigenvalue weighted by Crippen LogP contribution is -2.20. The highest BCUT2D eigenvalue weighted by Crippen LogP contribution is 2.20. The number of rotatable bonds is 7. The van der Waals surface area contributed by atoms with E-state index in [1.54, 1.807) is 18.0 Å². The molecule has 0 aliphatic heterocycles. The molecule has 0 aliphatic rings.